The molecule has 1 N–H and O–H groups in total. The Labute approximate surface area is 122 Å². The topological polar surface area (TPSA) is 47.6 Å². The molecule has 1 aromatic heterocycles. The number of thiophene rings is 1. The van der Waals surface area contributed by atoms with E-state index in [1.54, 1.807) is 31.6 Å². The normalized spacial score (nSPS) is 10.1. The van der Waals surface area contributed by atoms with Gasteiger partial charge < -0.3 is 14.8 Å². The molecule has 0 saturated heterocycles. The molecule has 0 bridgehead atoms. The Morgan fingerprint density at radius 2 is 2.10 bits per heavy atom. The Hall–Kier alpha value is -2.01. The van der Waals surface area contributed by atoms with E-state index >= 15 is 0 Å². The van der Waals surface area contributed by atoms with E-state index in [2.05, 4.69) is 5.32 Å². The molecule has 2 aromatic rings. The lowest BCUT2D eigenvalue weighted by atomic mass is 10.1. The third kappa shape index (κ3) is 3.74. The molecule has 1 heterocycles. The molecule has 2 rings (SSSR count). The third-order valence-electron chi connectivity index (χ3n) is 2.92. The van der Waals surface area contributed by atoms with Gasteiger partial charge in [-0.25, -0.2) is 0 Å². The number of methoxy groups -OCH3 is 2. The minimum absolute atomic E-state index is 0.00118. The van der Waals surface area contributed by atoms with Gasteiger partial charge in [0.05, 0.1) is 20.6 Å². The van der Waals surface area contributed by atoms with Gasteiger partial charge in [0, 0.05) is 18.2 Å². The lowest BCUT2D eigenvalue weighted by Crippen LogP contribution is -2.24. The zero-order valence-electron chi connectivity index (χ0n) is 11.5. The number of carbonyl (C=O) groups excluding carboxylic acids is 1. The first-order valence-electron chi connectivity index (χ1n) is 6.21. The molecule has 1 aromatic carbocycles. The van der Waals surface area contributed by atoms with Gasteiger partial charge in [-0.15, -0.1) is 0 Å². The molecule has 0 aliphatic rings. The molecule has 20 heavy (non-hydrogen) atoms. The second kappa shape index (κ2) is 6.96. The summed E-state index contributed by atoms with van der Waals surface area (Å²) in [7, 11) is 3.21. The Morgan fingerprint density at radius 3 is 2.75 bits per heavy atom. The summed E-state index contributed by atoms with van der Waals surface area (Å²) < 4.78 is 10.4. The first-order valence-corrected chi connectivity index (χ1v) is 7.16. The average Bonchev–Trinajstić information content (AvgIpc) is 2.97. The fourth-order valence-corrected chi connectivity index (χ4v) is 2.50. The number of nitrogens with one attached hydrogen (secondary N) is 1. The summed E-state index contributed by atoms with van der Waals surface area (Å²) in [5.41, 5.74) is 1.96. The van der Waals surface area contributed by atoms with E-state index in [-0.39, 0.29) is 5.91 Å². The summed E-state index contributed by atoms with van der Waals surface area (Å²) in [4.78, 5) is 11.8. The van der Waals surface area contributed by atoms with Crippen molar-refractivity contribution < 1.29 is 14.3 Å². The Balaban J connectivity index is 1.94. The van der Waals surface area contributed by atoms with Crippen LogP contribution in [0.1, 0.15) is 11.1 Å². The van der Waals surface area contributed by atoms with E-state index in [0.717, 1.165) is 16.9 Å². The number of hydrogen-bond acceptors (Lipinski definition) is 4. The summed E-state index contributed by atoms with van der Waals surface area (Å²) in [6.07, 6.45) is 0.405. The second-order valence-electron chi connectivity index (χ2n) is 4.26. The van der Waals surface area contributed by atoms with Crippen LogP contribution in [0.2, 0.25) is 0 Å². The van der Waals surface area contributed by atoms with E-state index < -0.39 is 0 Å². The number of benzene rings is 1. The minimum Gasteiger partial charge on any atom is -0.497 e. The number of hydrogen-bond donors (Lipinski definition) is 1. The third-order valence-corrected chi connectivity index (χ3v) is 3.65. The molecule has 1 amide bonds. The SMILES string of the molecule is COc1ccc(CNC(=O)Cc2ccsc2)c(OC)c1. The molecule has 0 aliphatic heterocycles. The number of ether oxygens (including phenoxy) is 2. The Kier molecular flexibility index (Phi) is 5.01. The van der Waals surface area contributed by atoms with E-state index in [1.807, 2.05) is 29.0 Å². The highest BCUT2D eigenvalue weighted by Gasteiger charge is 2.08. The van der Waals surface area contributed by atoms with Crippen LogP contribution in [0.25, 0.3) is 0 Å². The number of carbonyl (C=O) groups is 1. The molecule has 5 heteroatoms. The predicted molar refractivity (Wildman–Crippen MR) is 79.4 cm³/mol. The molecule has 0 atom stereocenters. The van der Waals surface area contributed by atoms with Crippen LogP contribution in [0.15, 0.2) is 35.0 Å². The predicted octanol–water partition coefficient (Wildman–Crippen LogP) is 2.62. The standard InChI is InChI=1S/C15H17NO3S/c1-18-13-4-3-12(14(8-13)19-2)9-16-15(17)7-11-5-6-20-10-11/h3-6,8,10H,7,9H2,1-2H3,(H,16,17). The van der Waals surface area contributed by atoms with E-state index in [1.165, 1.54) is 0 Å². The van der Waals surface area contributed by atoms with Gasteiger partial charge in [0.2, 0.25) is 5.91 Å². The fraction of sp³-hybridized carbons (Fsp3) is 0.267. The number of amides is 1. The summed E-state index contributed by atoms with van der Waals surface area (Å²) in [6.45, 7) is 0.441. The highest BCUT2D eigenvalue weighted by atomic mass is 32.1. The fourth-order valence-electron chi connectivity index (χ4n) is 1.83. The van der Waals surface area contributed by atoms with Gasteiger partial charge in [-0.2, -0.15) is 11.3 Å². The van der Waals surface area contributed by atoms with Crippen molar-refractivity contribution >= 4 is 17.2 Å². The maximum atomic E-state index is 11.8. The molecule has 106 valence electrons. The van der Waals surface area contributed by atoms with Gasteiger partial charge in [-0.1, -0.05) is 0 Å². The van der Waals surface area contributed by atoms with Gasteiger partial charge in [0.25, 0.3) is 0 Å². The van der Waals surface area contributed by atoms with Gasteiger partial charge in [-0.05, 0) is 34.5 Å². The van der Waals surface area contributed by atoms with Gasteiger partial charge >= 0.3 is 0 Å². The first-order chi connectivity index (χ1) is 9.72. The van der Waals surface area contributed by atoms with Gasteiger partial charge in [0.15, 0.2) is 0 Å². The van der Waals surface area contributed by atoms with Crippen molar-refractivity contribution in [2.45, 2.75) is 13.0 Å². The van der Waals surface area contributed by atoms with Crippen LogP contribution in [0.4, 0.5) is 0 Å². The van der Waals surface area contributed by atoms with Crippen molar-refractivity contribution in [3.8, 4) is 11.5 Å². The highest BCUT2D eigenvalue weighted by Crippen LogP contribution is 2.24. The molecule has 0 spiro atoms. The molecule has 0 aliphatic carbocycles. The average molecular weight is 291 g/mol. The van der Waals surface area contributed by atoms with Crippen LogP contribution in [0.3, 0.4) is 0 Å². The summed E-state index contributed by atoms with van der Waals surface area (Å²) in [6, 6.07) is 7.50. The maximum Gasteiger partial charge on any atom is 0.224 e. The Morgan fingerprint density at radius 1 is 1.25 bits per heavy atom. The molecule has 0 radical (unpaired) electrons. The summed E-state index contributed by atoms with van der Waals surface area (Å²) in [5, 5.41) is 6.84. The van der Waals surface area contributed by atoms with Crippen molar-refractivity contribution in [2.75, 3.05) is 14.2 Å². The zero-order chi connectivity index (χ0) is 14.4. The lowest BCUT2D eigenvalue weighted by molar-refractivity contribution is -0.120. The molecule has 0 unspecified atom stereocenters. The van der Waals surface area contributed by atoms with Crippen LogP contribution < -0.4 is 14.8 Å². The van der Waals surface area contributed by atoms with Crippen LogP contribution in [-0.2, 0) is 17.8 Å². The molecule has 4 nitrogen and oxygen atoms in total. The van der Waals surface area contributed by atoms with Crippen LogP contribution in [-0.4, -0.2) is 20.1 Å². The Bertz CT molecular complexity index is 567. The highest BCUT2D eigenvalue weighted by molar-refractivity contribution is 7.07. The second-order valence-corrected chi connectivity index (χ2v) is 5.04. The summed E-state index contributed by atoms with van der Waals surface area (Å²) in [5.74, 6) is 1.44. The minimum atomic E-state index is 0.00118. The van der Waals surface area contributed by atoms with Crippen molar-refractivity contribution in [1.29, 1.82) is 0 Å². The van der Waals surface area contributed by atoms with Crippen LogP contribution in [0, 0.1) is 0 Å². The van der Waals surface area contributed by atoms with Crippen LogP contribution in [0.5, 0.6) is 11.5 Å². The quantitative estimate of drug-likeness (QED) is 0.890. The van der Waals surface area contributed by atoms with E-state index in [0.29, 0.717) is 18.7 Å². The van der Waals surface area contributed by atoms with Gasteiger partial charge in [0.1, 0.15) is 11.5 Å². The lowest BCUT2D eigenvalue weighted by Gasteiger charge is -2.11. The van der Waals surface area contributed by atoms with Gasteiger partial charge in [-0.3, -0.25) is 4.79 Å². The van der Waals surface area contributed by atoms with E-state index in [9.17, 15) is 4.79 Å². The smallest absolute Gasteiger partial charge is 0.224 e. The maximum absolute atomic E-state index is 11.8. The molecule has 0 saturated carbocycles. The van der Waals surface area contributed by atoms with Crippen molar-refractivity contribution in [3.63, 3.8) is 0 Å². The summed E-state index contributed by atoms with van der Waals surface area (Å²) >= 11 is 1.59. The van der Waals surface area contributed by atoms with Crippen molar-refractivity contribution in [2.24, 2.45) is 0 Å². The van der Waals surface area contributed by atoms with Crippen LogP contribution >= 0.6 is 11.3 Å². The molecular formula is C15H17NO3S. The monoisotopic (exact) mass is 291 g/mol. The first kappa shape index (κ1) is 14.4. The van der Waals surface area contributed by atoms with Crippen molar-refractivity contribution in [3.05, 3.63) is 46.2 Å². The largest absolute Gasteiger partial charge is 0.497 e. The number of rotatable bonds is 6. The molecular weight excluding hydrogens is 274 g/mol. The van der Waals surface area contributed by atoms with E-state index in [4.69, 9.17) is 9.47 Å². The molecule has 0 fully saturated rings. The van der Waals surface area contributed by atoms with Crippen molar-refractivity contribution in [1.82, 2.24) is 5.32 Å². The zero-order valence-corrected chi connectivity index (χ0v) is 12.3.